The average Bonchev–Trinajstić information content (AvgIpc) is 2.42. The van der Waals surface area contributed by atoms with Gasteiger partial charge in [-0.1, -0.05) is 11.6 Å². The Morgan fingerprint density at radius 2 is 1.90 bits per heavy atom. The SMILES string of the molecule is COc1cc(Cl)c(C)cc1NS(=O)(=O)c1cnc(N)nc1. The molecule has 0 saturated heterocycles. The minimum atomic E-state index is -3.85. The van der Waals surface area contributed by atoms with Gasteiger partial charge in [-0.2, -0.15) is 0 Å². The Balaban J connectivity index is 2.41. The lowest BCUT2D eigenvalue weighted by molar-refractivity contribution is 0.417. The van der Waals surface area contributed by atoms with Gasteiger partial charge < -0.3 is 10.5 Å². The van der Waals surface area contributed by atoms with Crippen LogP contribution in [0.2, 0.25) is 5.02 Å². The van der Waals surface area contributed by atoms with E-state index >= 15 is 0 Å². The van der Waals surface area contributed by atoms with Gasteiger partial charge in [0.2, 0.25) is 5.95 Å². The van der Waals surface area contributed by atoms with Crippen molar-refractivity contribution in [3.05, 3.63) is 35.1 Å². The zero-order chi connectivity index (χ0) is 15.6. The summed E-state index contributed by atoms with van der Waals surface area (Å²) in [6.45, 7) is 1.76. The van der Waals surface area contributed by atoms with Crippen LogP contribution in [0.15, 0.2) is 29.4 Å². The molecule has 1 aromatic carbocycles. The maximum atomic E-state index is 12.3. The molecule has 0 spiro atoms. The number of nitrogens with two attached hydrogens (primary N) is 1. The molecule has 21 heavy (non-hydrogen) atoms. The molecule has 1 heterocycles. The first-order valence-electron chi connectivity index (χ1n) is 5.78. The second kappa shape index (κ2) is 5.74. The molecule has 0 saturated carbocycles. The summed E-state index contributed by atoms with van der Waals surface area (Å²) in [5.41, 5.74) is 6.32. The molecule has 0 aliphatic heterocycles. The highest BCUT2D eigenvalue weighted by atomic mass is 35.5. The van der Waals surface area contributed by atoms with E-state index in [-0.39, 0.29) is 16.5 Å². The molecule has 2 aromatic rings. The lowest BCUT2D eigenvalue weighted by Gasteiger charge is -2.13. The Morgan fingerprint density at radius 1 is 1.29 bits per heavy atom. The fourth-order valence-corrected chi connectivity index (χ4v) is 2.68. The fraction of sp³-hybridized carbons (Fsp3) is 0.167. The van der Waals surface area contributed by atoms with Crippen LogP contribution in [0, 0.1) is 6.92 Å². The van der Waals surface area contributed by atoms with E-state index in [0.717, 1.165) is 12.4 Å². The standard InChI is InChI=1S/C12H13ClN4O3S/c1-7-3-10(11(20-2)4-9(7)13)17-21(18,19)8-5-15-12(14)16-6-8/h3-6,17H,1-2H3,(H2,14,15,16). The monoisotopic (exact) mass is 328 g/mol. The number of benzene rings is 1. The van der Waals surface area contributed by atoms with Crippen molar-refractivity contribution in [2.75, 3.05) is 17.6 Å². The molecule has 112 valence electrons. The van der Waals surface area contributed by atoms with Crippen molar-refractivity contribution >= 4 is 33.3 Å². The van der Waals surface area contributed by atoms with Crippen LogP contribution in [-0.2, 0) is 10.0 Å². The zero-order valence-corrected chi connectivity index (χ0v) is 12.9. The first-order chi connectivity index (χ1) is 9.83. The van der Waals surface area contributed by atoms with E-state index in [1.165, 1.54) is 13.2 Å². The Labute approximate surface area is 127 Å². The van der Waals surface area contributed by atoms with Gasteiger partial charge in [0.05, 0.1) is 25.2 Å². The van der Waals surface area contributed by atoms with Crippen LogP contribution in [0.1, 0.15) is 5.56 Å². The molecule has 0 aliphatic carbocycles. The van der Waals surface area contributed by atoms with E-state index in [1.807, 2.05) is 0 Å². The van der Waals surface area contributed by atoms with Crippen molar-refractivity contribution in [2.45, 2.75) is 11.8 Å². The van der Waals surface area contributed by atoms with Gasteiger partial charge in [0, 0.05) is 11.1 Å². The molecular formula is C12H13ClN4O3S. The van der Waals surface area contributed by atoms with Crippen LogP contribution in [0.3, 0.4) is 0 Å². The minimum absolute atomic E-state index is 0.00568. The number of nitrogen functional groups attached to an aromatic ring is 1. The largest absolute Gasteiger partial charge is 0.495 e. The number of hydrogen-bond acceptors (Lipinski definition) is 6. The molecule has 1 aromatic heterocycles. The van der Waals surface area contributed by atoms with Crippen LogP contribution in [0.25, 0.3) is 0 Å². The molecule has 7 nitrogen and oxygen atoms in total. The van der Waals surface area contributed by atoms with Gasteiger partial charge in [0.25, 0.3) is 10.0 Å². The van der Waals surface area contributed by atoms with Crippen molar-refractivity contribution < 1.29 is 13.2 Å². The number of ether oxygens (including phenoxy) is 1. The van der Waals surface area contributed by atoms with Gasteiger partial charge in [-0.25, -0.2) is 18.4 Å². The van der Waals surface area contributed by atoms with Crippen molar-refractivity contribution in [1.82, 2.24) is 9.97 Å². The fourth-order valence-electron chi connectivity index (χ4n) is 1.58. The number of methoxy groups -OCH3 is 1. The molecule has 0 unspecified atom stereocenters. The highest BCUT2D eigenvalue weighted by Gasteiger charge is 2.18. The Hall–Kier alpha value is -2.06. The molecule has 0 fully saturated rings. The molecule has 0 aliphatic rings. The van der Waals surface area contributed by atoms with Crippen molar-refractivity contribution in [3.63, 3.8) is 0 Å². The third-order valence-corrected chi connectivity index (χ3v) is 4.41. The maximum absolute atomic E-state index is 12.3. The normalized spacial score (nSPS) is 11.2. The lowest BCUT2D eigenvalue weighted by Crippen LogP contribution is -2.14. The summed E-state index contributed by atoms with van der Waals surface area (Å²) in [6.07, 6.45) is 2.25. The summed E-state index contributed by atoms with van der Waals surface area (Å²) in [7, 11) is -2.42. The molecule has 0 amide bonds. The number of aryl methyl sites for hydroxylation is 1. The molecule has 0 atom stereocenters. The first-order valence-corrected chi connectivity index (χ1v) is 7.64. The van der Waals surface area contributed by atoms with Crippen LogP contribution < -0.4 is 15.2 Å². The summed E-state index contributed by atoms with van der Waals surface area (Å²) < 4.78 is 32.0. The van der Waals surface area contributed by atoms with Crippen molar-refractivity contribution in [2.24, 2.45) is 0 Å². The van der Waals surface area contributed by atoms with Gasteiger partial charge in [0.15, 0.2) is 0 Å². The third-order valence-electron chi connectivity index (χ3n) is 2.68. The molecule has 3 N–H and O–H groups in total. The lowest BCUT2D eigenvalue weighted by atomic mass is 10.2. The topological polar surface area (TPSA) is 107 Å². The number of halogens is 1. The van der Waals surface area contributed by atoms with E-state index in [9.17, 15) is 8.42 Å². The van der Waals surface area contributed by atoms with E-state index in [1.54, 1.807) is 13.0 Å². The van der Waals surface area contributed by atoms with E-state index in [2.05, 4.69) is 14.7 Å². The second-order valence-corrected chi connectivity index (χ2v) is 6.27. The number of hydrogen-bond donors (Lipinski definition) is 2. The number of anilines is 2. The highest BCUT2D eigenvalue weighted by Crippen LogP contribution is 2.32. The minimum Gasteiger partial charge on any atom is -0.495 e. The van der Waals surface area contributed by atoms with Crippen LogP contribution in [0.5, 0.6) is 5.75 Å². The second-order valence-electron chi connectivity index (χ2n) is 4.18. The van der Waals surface area contributed by atoms with E-state index in [4.69, 9.17) is 22.1 Å². The van der Waals surface area contributed by atoms with Gasteiger partial charge in [-0.3, -0.25) is 4.72 Å². The third kappa shape index (κ3) is 3.34. The number of aromatic nitrogens is 2. The maximum Gasteiger partial charge on any atom is 0.265 e. The number of sulfonamides is 1. The van der Waals surface area contributed by atoms with Crippen LogP contribution in [-0.4, -0.2) is 25.5 Å². The van der Waals surface area contributed by atoms with Crippen molar-refractivity contribution in [1.29, 1.82) is 0 Å². The van der Waals surface area contributed by atoms with Gasteiger partial charge in [-0.05, 0) is 18.6 Å². The quantitative estimate of drug-likeness (QED) is 0.886. The number of nitrogens with one attached hydrogen (secondary N) is 1. The van der Waals surface area contributed by atoms with Crippen molar-refractivity contribution in [3.8, 4) is 5.75 Å². The Kier molecular flexibility index (Phi) is 4.19. The summed E-state index contributed by atoms with van der Waals surface area (Å²) in [4.78, 5) is 7.21. The smallest absolute Gasteiger partial charge is 0.265 e. The van der Waals surface area contributed by atoms with Gasteiger partial charge in [-0.15, -0.1) is 0 Å². The van der Waals surface area contributed by atoms with Gasteiger partial charge >= 0.3 is 0 Å². The Morgan fingerprint density at radius 3 is 2.48 bits per heavy atom. The predicted octanol–water partition coefficient (Wildman–Crippen LogP) is 1.83. The van der Waals surface area contributed by atoms with E-state index < -0.39 is 10.0 Å². The number of nitrogens with zero attached hydrogens (tertiary/aromatic N) is 2. The van der Waals surface area contributed by atoms with Crippen LogP contribution in [0.4, 0.5) is 11.6 Å². The number of rotatable bonds is 4. The summed E-state index contributed by atoms with van der Waals surface area (Å²) in [6, 6.07) is 3.12. The van der Waals surface area contributed by atoms with Crippen LogP contribution >= 0.6 is 11.6 Å². The highest BCUT2D eigenvalue weighted by molar-refractivity contribution is 7.92. The van der Waals surface area contributed by atoms with E-state index in [0.29, 0.717) is 16.3 Å². The predicted molar refractivity (Wildman–Crippen MR) is 80.0 cm³/mol. The Bertz CT molecular complexity index is 763. The molecule has 0 radical (unpaired) electrons. The molecule has 0 bridgehead atoms. The summed E-state index contributed by atoms with van der Waals surface area (Å²) >= 11 is 5.98. The zero-order valence-electron chi connectivity index (χ0n) is 11.3. The first kappa shape index (κ1) is 15.3. The molecule has 2 rings (SSSR count). The summed E-state index contributed by atoms with van der Waals surface area (Å²) in [5.74, 6) is 0.305. The molecular weight excluding hydrogens is 316 g/mol. The molecule has 9 heteroatoms. The van der Waals surface area contributed by atoms with Gasteiger partial charge in [0.1, 0.15) is 10.6 Å². The average molecular weight is 329 g/mol. The summed E-state index contributed by atoms with van der Waals surface area (Å²) in [5, 5.41) is 0.477.